The Morgan fingerprint density at radius 3 is 2.53 bits per heavy atom. The summed E-state index contributed by atoms with van der Waals surface area (Å²) in [6.45, 7) is 6.53. The number of rotatable bonds is 3. The van der Waals surface area contributed by atoms with Gasteiger partial charge in [0.15, 0.2) is 5.79 Å². The van der Waals surface area contributed by atoms with Crippen molar-refractivity contribution < 1.29 is 9.47 Å². The summed E-state index contributed by atoms with van der Waals surface area (Å²) in [6, 6.07) is 10.6. The van der Waals surface area contributed by atoms with Crippen molar-refractivity contribution in [3.8, 4) is 0 Å². The van der Waals surface area contributed by atoms with Crippen molar-refractivity contribution in [1.82, 2.24) is 4.90 Å². The minimum absolute atomic E-state index is 0.459. The van der Waals surface area contributed by atoms with Gasteiger partial charge in [0.25, 0.3) is 0 Å². The molecule has 0 atom stereocenters. The number of benzene rings is 1. The molecule has 102 valence electrons. The molecule has 0 unspecified atom stereocenters. The lowest BCUT2D eigenvalue weighted by molar-refractivity contribution is -0.113. The van der Waals surface area contributed by atoms with Crippen LogP contribution in [-0.4, -0.2) is 37.0 Å². The van der Waals surface area contributed by atoms with Gasteiger partial charge >= 0.3 is 0 Å². The summed E-state index contributed by atoms with van der Waals surface area (Å²) in [6.07, 6.45) is 3.31. The zero-order valence-corrected chi connectivity index (χ0v) is 11.5. The lowest BCUT2D eigenvalue weighted by Crippen LogP contribution is -2.36. The van der Waals surface area contributed by atoms with Crippen LogP contribution in [0.2, 0.25) is 0 Å². The Hall–Kier alpha value is -1.16. The molecule has 0 saturated carbocycles. The van der Waals surface area contributed by atoms with Crippen LogP contribution in [0.15, 0.2) is 42.0 Å². The second-order valence-corrected chi connectivity index (χ2v) is 5.34. The largest absolute Gasteiger partial charge is 0.344 e. The molecular formula is C16H21NO2. The first-order valence-corrected chi connectivity index (χ1v) is 7.00. The molecule has 0 aromatic heterocycles. The molecule has 1 aromatic carbocycles. The summed E-state index contributed by atoms with van der Waals surface area (Å²) >= 11 is 0. The van der Waals surface area contributed by atoms with E-state index >= 15 is 0 Å². The predicted molar refractivity (Wildman–Crippen MR) is 74.7 cm³/mol. The Morgan fingerprint density at radius 2 is 1.89 bits per heavy atom. The minimum atomic E-state index is -0.459. The summed E-state index contributed by atoms with van der Waals surface area (Å²) in [5.41, 5.74) is 2.67. The first kappa shape index (κ1) is 12.9. The molecule has 1 aromatic rings. The zero-order valence-electron chi connectivity index (χ0n) is 11.5. The van der Waals surface area contributed by atoms with E-state index in [9.17, 15) is 0 Å². The van der Waals surface area contributed by atoms with Crippen LogP contribution in [0.1, 0.15) is 18.9 Å². The van der Waals surface area contributed by atoms with Gasteiger partial charge in [0.2, 0.25) is 0 Å². The zero-order chi connectivity index (χ0) is 13.1. The number of nitrogens with zero attached hydrogens (tertiary/aromatic N) is 1. The summed E-state index contributed by atoms with van der Waals surface area (Å²) in [7, 11) is 0. The highest BCUT2D eigenvalue weighted by Crippen LogP contribution is 2.31. The highest BCUT2D eigenvalue weighted by atomic mass is 16.7. The molecule has 2 aliphatic heterocycles. The van der Waals surface area contributed by atoms with E-state index in [1.165, 1.54) is 11.1 Å². The van der Waals surface area contributed by atoms with Crippen LogP contribution in [0.25, 0.3) is 0 Å². The van der Waals surface area contributed by atoms with Crippen LogP contribution in [0.5, 0.6) is 0 Å². The third-order valence-corrected chi connectivity index (χ3v) is 3.96. The van der Waals surface area contributed by atoms with Gasteiger partial charge in [-0.05, 0) is 24.5 Å². The molecule has 0 spiro atoms. The molecule has 2 aliphatic rings. The topological polar surface area (TPSA) is 21.7 Å². The minimum Gasteiger partial charge on any atom is -0.344 e. The molecule has 1 saturated heterocycles. The maximum absolute atomic E-state index is 5.72. The molecule has 1 fully saturated rings. The molecule has 3 nitrogen and oxygen atoms in total. The second-order valence-electron chi connectivity index (χ2n) is 5.34. The van der Waals surface area contributed by atoms with Gasteiger partial charge in [-0.2, -0.15) is 0 Å². The molecule has 0 aliphatic carbocycles. The fourth-order valence-electron chi connectivity index (χ4n) is 2.81. The molecule has 3 rings (SSSR count). The lowest BCUT2D eigenvalue weighted by atomic mass is 10.00. The van der Waals surface area contributed by atoms with Crippen molar-refractivity contribution in [3.63, 3.8) is 0 Å². The SMILES string of the molecule is CC1(C2=CCN(Cc3ccccc3)CC2)OCCO1. The fourth-order valence-corrected chi connectivity index (χ4v) is 2.81. The smallest absolute Gasteiger partial charge is 0.188 e. The Labute approximate surface area is 114 Å². The number of hydrogen-bond acceptors (Lipinski definition) is 3. The van der Waals surface area contributed by atoms with Crippen molar-refractivity contribution >= 4 is 0 Å². The van der Waals surface area contributed by atoms with Crippen molar-refractivity contribution in [2.24, 2.45) is 0 Å². The molecule has 19 heavy (non-hydrogen) atoms. The average molecular weight is 259 g/mol. The van der Waals surface area contributed by atoms with E-state index in [0.717, 1.165) is 26.1 Å². The normalized spacial score (nSPS) is 23.3. The summed E-state index contributed by atoms with van der Waals surface area (Å²) < 4.78 is 11.4. The van der Waals surface area contributed by atoms with E-state index in [1.54, 1.807) is 0 Å². The quantitative estimate of drug-likeness (QED) is 0.779. The molecule has 0 N–H and O–H groups in total. The van der Waals surface area contributed by atoms with E-state index in [1.807, 2.05) is 6.92 Å². The van der Waals surface area contributed by atoms with Crippen LogP contribution >= 0.6 is 0 Å². The van der Waals surface area contributed by atoms with Gasteiger partial charge in [0.1, 0.15) is 0 Å². The van der Waals surface area contributed by atoms with Crippen LogP contribution in [-0.2, 0) is 16.0 Å². The highest BCUT2D eigenvalue weighted by molar-refractivity contribution is 5.19. The van der Waals surface area contributed by atoms with E-state index in [0.29, 0.717) is 13.2 Å². The monoisotopic (exact) mass is 259 g/mol. The Morgan fingerprint density at radius 1 is 1.16 bits per heavy atom. The fraction of sp³-hybridized carbons (Fsp3) is 0.500. The van der Waals surface area contributed by atoms with E-state index in [-0.39, 0.29) is 0 Å². The van der Waals surface area contributed by atoms with E-state index < -0.39 is 5.79 Å². The maximum Gasteiger partial charge on any atom is 0.188 e. The lowest BCUT2D eigenvalue weighted by Gasteiger charge is -2.32. The molecule has 2 heterocycles. The molecule has 0 bridgehead atoms. The predicted octanol–water partition coefficient (Wildman–Crippen LogP) is 2.58. The number of hydrogen-bond donors (Lipinski definition) is 0. The van der Waals surface area contributed by atoms with Crippen molar-refractivity contribution in [1.29, 1.82) is 0 Å². The Bertz CT molecular complexity index is 449. The van der Waals surface area contributed by atoms with Crippen molar-refractivity contribution in [2.45, 2.75) is 25.7 Å². The van der Waals surface area contributed by atoms with Crippen LogP contribution in [0.4, 0.5) is 0 Å². The Balaban J connectivity index is 1.61. The van der Waals surface area contributed by atoms with Crippen LogP contribution < -0.4 is 0 Å². The van der Waals surface area contributed by atoms with Gasteiger partial charge in [-0.15, -0.1) is 0 Å². The van der Waals surface area contributed by atoms with Gasteiger partial charge < -0.3 is 9.47 Å². The first-order valence-electron chi connectivity index (χ1n) is 7.00. The van der Waals surface area contributed by atoms with Gasteiger partial charge in [-0.3, -0.25) is 4.90 Å². The third-order valence-electron chi connectivity index (χ3n) is 3.96. The summed E-state index contributed by atoms with van der Waals surface area (Å²) in [5, 5.41) is 0. The van der Waals surface area contributed by atoms with Crippen LogP contribution in [0, 0.1) is 0 Å². The molecule has 0 amide bonds. The van der Waals surface area contributed by atoms with Gasteiger partial charge in [0, 0.05) is 19.6 Å². The van der Waals surface area contributed by atoms with Crippen molar-refractivity contribution in [2.75, 3.05) is 26.3 Å². The third kappa shape index (κ3) is 2.89. The van der Waals surface area contributed by atoms with Crippen molar-refractivity contribution in [3.05, 3.63) is 47.5 Å². The standard InChI is InChI=1S/C16H21NO2/c1-16(18-11-12-19-16)15-7-9-17(10-8-15)13-14-5-3-2-4-6-14/h2-7H,8-13H2,1H3. The number of ether oxygens (including phenoxy) is 2. The Kier molecular flexibility index (Phi) is 3.69. The molecule has 3 heteroatoms. The van der Waals surface area contributed by atoms with Gasteiger partial charge in [-0.25, -0.2) is 0 Å². The molecule has 0 radical (unpaired) electrons. The summed E-state index contributed by atoms with van der Waals surface area (Å²) in [4.78, 5) is 2.46. The van der Waals surface area contributed by atoms with Gasteiger partial charge in [0.05, 0.1) is 13.2 Å². The van der Waals surface area contributed by atoms with Crippen LogP contribution in [0.3, 0.4) is 0 Å². The second kappa shape index (κ2) is 5.45. The average Bonchev–Trinajstić information content (AvgIpc) is 2.89. The van der Waals surface area contributed by atoms with Gasteiger partial charge in [-0.1, -0.05) is 36.4 Å². The van der Waals surface area contributed by atoms with E-state index in [4.69, 9.17) is 9.47 Å². The highest BCUT2D eigenvalue weighted by Gasteiger charge is 2.36. The maximum atomic E-state index is 5.72. The van der Waals surface area contributed by atoms with E-state index in [2.05, 4.69) is 41.3 Å². The first-order chi connectivity index (χ1) is 9.26. The summed E-state index contributed by atoms with van der Waals surface area (Å²) in [5.74, 6) is -0.459. The molecular weight excluding hydrogens is 238 g/mol.